The fourth-order valence-electron chi connectivity index (χ4n) is 3.46. The number of rotatable bonds is 6. The minimum absolute atomic E-state index is 0.284. The van der Waals surface area contributed by atoms with Gasteiger partial charge >= 0.3 is 172 Å². The predicted molar refractivity (Wildman–Crippen MR) is 103 cm³/mol. The second kappa shape index (κ2) is 8.65. The predicted octanol–water partition coefficient (Wildman–Crippen LogP) is 0.762. The molecule has 2 aliphatic rings. The Morgan fingerprint density at radius 1 is 1.07 bits per heavy atom. The van der Waals surface area contributed by atoms with Gasteiger partial charge in [-0.3, -0.25) is 0 Å². The zero-order valence-corrected chi connectivity index (χ0v) is 17.1. The average Bonchev–Trinajstić information content (AvgIpc) is 3.03. The van der Waals surface area contributed by atoms with Crippen LogP contribution in [0.15, 0.2) is 24.3 Å². The molecule has 1 aliphatic carbocycles. The number of fused-ring (bicyclic) bond motifs is 1. The summed E-state index contributed by atoms with van der Waals surface area (Å²) in [6, 6.07) is 5.35. The van der Waals surface area contributed by atoms with E-state index < -0.39 is 32.1 Å². The molecule has 0 radical (unpaired) electrons. The van der Waals surface area contributed by atoms with Crippen molar-refractivity contribution in [3.8, 4) is 5.75 Å². The standard InChI is InChI=1S/C18H23N2O9P/c1-26-17(23)18(24)29-30(25,19-14-4-2-3-5-15(14)20-30)28-16(22)11-27-13-8-6-12(10-21)7-9-13/h6-10,14-15,19-20,25H,2-5,11H2,1H3. The van der Waals surface area contributed by atoms with Gasteiger partial charge in [-0.05, 0) is 0 Å². The van der Waals surface area contributed by atoms with Gasteiger partial charge in [-0.2, -0.15) is 0 Å². The summed E-state index contributed by atoms with van der Waals surface area (Å²) in [5.41, 5.74) is 0.432. The van der Waals surface area contributed by atoms with Crippen LogP contribution in [0.5, 0.6) is 5.75 Å². The number of esters is 1. The molecule has 1 saturated carbocycles. The molecule has 164 valence electrons. The van der Waals surface area contributed by atoms with Gasteiger partial charge in [-0.25, -0.2) is 0 Å². The topological polar surface area (TPSA) is 149 Å². The van der Waals surface area contributed by atoms with E-state index in [0.29, 0.717) is 24.7 Å². The number of hydrogen-bond acceptors (Lipinski definition) is 11. The molecular formula is C18H23N2O9P. The molecule has 12 heteroatoms. The molecular weight excluding hydrogens is 419 g/mol. The number of hydrogen-bond donors (Lipinski definition) is 3. The molecule has 1 saturated heterocycles. The first-order chi connectivity index (χ1) is 14.2. The number of methoxy groups -OCH3 is 1. The van der Waals surface area contributed by atoms with Gasteiger partial charge in [0.25, 0.3) is 0 Å². The summed E-state index contributed by atoms with van der Waals surface area (Å²) in [5.74, 6) is -3.61. The molecule has 2 unspecified atom stereocenters. The Balaban J connectivity index is 1.73. The van der Waals surface area contributed by atoms with Crippen LogP contribution in [0.3, 0.4) is 0 Å². The van der Waals surface area contributed by atoms with Crippen molar-refractivity contribution in [3.63, 3.8) is 0 Å². The van der Waals surface area contributed by atoms with Crippen molar-refractivity contribution in [2.45, 2.75) is 37.8 Å². The Morgan fingerprint density at radius 2 is 1.67 bits per heavy atom. The molecule has 30 heavy (non-hydrogen) atoms. The van der Waals surface area contributed by atoms with Gasteiger partial charge in [0.1, 0.15) is 0 Å². The van der Waals surface area contributed by atoms with Crippen molar-refractivity contribution in [1.82, 2.24) is 10.2 Å². The van der Waals surface area contributed by atoms with Gasteiger partial charge in [0.2, 0.25) is 0 Å². The molecule has 0 amide bonds. The van der Waals surface area contributed by atoms with Crippen LogP contribution in [-0.2, 0) is 28.2 Å². The molecule has 0 aromatic heterocycles. The van der Waals surface area contributed by atoms with Crippen LogP contribution < -0.4 is 14.9 Å². The van der Waals surface area contributed by atoms with Gasteiger partial charge in [-0.15, -0.1) is 0 Å². The monoisotopic (exact) mass is 442 g/mol. The van der Waals surface area contributed by atoms with Crippen molar-refractivity contribution in [3.05, 3.63) is 29.8 Å². The number of ether oxygens (including phenoxy) is 2. The second-order valence-corrected chi connectivity index (χ2v) is 9.69. The van der Waals surface area contributed by atoms with Gasteiger partial charge in [0.15, 0.2) is 0 Å². The molecule has 1 heterocycles. The van der Waals surface area contributed by atoms with Gasteiger partial charge in [0.05, 0.1) is 0 Å². The summed E-state index contributed by atoms with van der Waals surface area (Å²) in [4.78, 5) is 57.9. The van der Waals surface area contributed by atoms with Gasteiger partial charge in [-0.1, -0.05) is 0 Å². The van der Waals surface area contributed by atoms with E-state index in [1.54, 1.807) is 0 Å². The Bertz CT molecular complexity index is 831. The first kappa shape index (κ1) is 22.1. The van der Waals surface area contributed by atoms with E-state index in [1.807, 2.05) is 0 Å². The van der Waals surface area contributed by atoms with E-state index in [-0.39, 0.29) is 17.8 Å². The molecule has 0 bridgehead atoms. The number of aldehydes is 1. The van der Waals surface area contributed by atoms with Gasteiger partial charge < -0.3 is 0 Å². The third kappa shape index (κ3) is 4.93. The summed E-state index contributed by atoms with van der Waals surface area (Å²) in [6.07, 6.45) is 3.73. The molecule has 11 nitrogen and oxygen atoms in total. The van der Waals surface area contributed by atoms with Crippen molar-refractivity contribution in [1.29, 1.82) is 0 Å². The second-order valence-electron chi connectivity index (χ2n) is 6.98. The van der Waals surface area contributed by atoms with E-state index in [9.17, 15) is 24.1 Å². The van der Waals surface area contributed by atoms with E-state index >= 15 is 0 Å². The molecule has 0 spiro atoms. The normalized spacial score (nSPS) is 24.9. The molecule has 3 N–H and O–H groups in total. The van der Waals surface area contributed by atoms with E-state index in [0.717, 1.165) is 20.0 Å². The van der Waals surface area contributed by atoms with Crippen LogP contribution in [0.25, 0.3) is 0 Å². The Morgan fingerprint density at radius 3 is 2.20 bits per heavy atom. The molecule has 3 rings (SSSR count). The SMILES string of the molecule is COC(=O)C(=O)OP1(O)(OC(=O)COc2ccc(C=O)cc2)NC2CCCCC2N1. The molecule has 2 atom stereocenters. The van der Waals surface area contributed by atoms with Crippen molar-refractivity contribution in [2.75, 3.05) is 13.7 Å². The van der Waals surface area contributed by atoms with Crippen molar-refractivity contribution >= 4 is 31.8 Å². The molecule has 1 aliphatic heterocycles. The Labute approximate surface area is 172 Å². The molecule has 1 aromatic carbocycles. The maximum atomic E-state index is 12.4. The van der Waals surface area contributed by atoms with Crippen molar-refractivity contribution in [2.24, 2.45) is 0 Å². The van der Waals surface area contributed by atoms with Crippen LogP contribution in [0.4, 0.5) is 0 Å². The number of benzene rings is 1. The minimum atomic E-state index is -5.24. The zero-order chi connectivity index (χ0) is 21.8. The van der Waals surface area contributed by atoms with E-state index in [2.05, 4.69) is 14.9 Å². The van der Waals surface area contributed by atoms with Crippen LogP contribution in [0.1, 0.15) is 36.0 Å². The third-order valence-corrected chi connectivity index (χ3v) is 7.42. The van der Waals surface area contributed by atoms with Crippen LogP contribution in [0, 0.1) is 0 Å². The Hall–Kier alpha value is -2.59. The fourth-order valence-corrected chi connectivity index (χ4v) is 6.38. The summed E-state index contributed by atoms with van der Waals surface area (Å²) in [7, 11) is -4.26. The Kier molecular flexibility index (Phi) is 6.37. The molecule has 2 fully saturated rings. The number of carbonyl (C=O) groups is 4. The average molecular weight is 442 g/mol. The maximum absolute atomic E-state index is 12.4. The summed E-state index contributed by atoms with van der Waals surface area (Å²) in [6.45, 7) is -0.618. The zero-order valence-electron chi connectivity index (χ0n) is 16.2. The number of carbonyl (C=O) groups excluding carboxylic acids is 4. The van der Waals surface area contributed by atoms with Crippen LogP contribution in [0.2, 0.25) is 0 Å². The first-order valence-electron chi connectivity index (χ1n) is 9.31. The van der Waals surface area contributed by atoms with Crippen molar-refractivity contribution < 1.29 is 42.6 Å². The quantitative estimate of drug-likeness (QED) is 0.248. The van der Waals surface area contributed by atoms with Crippen LogP contribution >= 0.6 is 7.59 Å². The van der Waals surface area contributed by atoms with Gasteiger partial charge in [0, 0.05) is 0 Å². The number of nitrogens with one attached hydrogen (secondary N) is 2. The summed E-state index contributed by atoms with van der Waals surface area (Å²) in [5, 5.41) is 5.45. The fraction of sp³-hybridized carbons (Fsp3) is 0.444. The third-order valence-electron chi connectivity index (χ3n) is 4.80. The van der Waals surface area contributed by atoms with E-state index in [4.69, 9.17) is 13.8 Å². The summed E-state index contributed by atoms with van der Waals surface area (Å²) < 4.78 is 19.8. The van der Waals surface area contributed by atoms with Crippen LogP contribution in [-0.4, -0.2) is 54.9 Å². The molecule has 1 aromatic rings. The first-order valence-corrected chi connectivity index (χ1v) is 11.3. The summed E-state index contributed by atoms with van der Waals surface area (Å²) >= 11 is 0. The van der Waals surface area contributed by atoms with E-state index in [1.165, 1.54) is 24.3 Å².